The molecule has 0 aromatic heterocycles. The second-order valence-corrected chi connectivity index (χ2v) is 3.69. The molecular formula is C10H17NO3. The van der Waals surface area contributed by atoms with Crippen molar-refractivity contribution in [2.24, 2.45) is 0 Å². The minimum Gasteiger partial charge on any atom is -0.438 e. The Balaban J connectivity index is 2.64. The van der Waals surface area contributed by atoms with E-state index in [9.17, 15) is 4.79 Å². The summed E-state index contributed by atoms with van der Waals surface area (Å²) in [5, 5.41) is 0. The Morgan fingerprint density at radius 1 is 1.64 bits per heavy atom. The molecule has 0 bridgehead atoms. The number of carbonyl (C=O) groups is 1. The highest BCUT2D eigenvalue weighted by Gasteiger charge is 2.48. The number of likely N-dealkylation sites (N-methyl/N-ethyl adjacent to an activating group) is 1. The number of esters is 1. The van der Waals surface area contributed by atoms with E-state index in [0.717, 1.165) is 0 Å². The third kappa shape index (κ3) is 2.33. The molecule has 0 aliphatic carbocycles. The summed E-state index contributed by atoms with van der Waals surface area (Å²) in [5.74, 6) is -0.334. The fourth-order valence-corrected chi connectivity index (χ4v) is 1.18. The topological polar surface area (TPSA) is 42.1 Å². The lowest BCUT2D eigenvalue weighted by Crippen LogP contribution is -2.49. The highest BCUT2D eigenvalue weighted by molar-refractivity contribution is 5.82. The summed E-state index contributed by atoms with van der Waals surface area (Å²) in [6.45, 7) is 4.28. The minimum atomic E-state index is -0.656. The zero-order valence-electron chi connectivity index (χ0n) is 9.11. The molecule has 1 saturated heterocycles. The molecule has 80 valence electrons. The molecule has 1 aliphatic heterocycles. The summed E-state index contributed by atoms with van der Waals surface area (Å²) in [4.78, 5) is 13.2. The van der Waals surface area contributed by atoms with E-state index >= 15 is 0 Å². The third-order valence-corrected chi connectivity index (χ3v) is 2.43. The molecule has 4 heteroatoms. The molecule has 0 aromatic carbocycles. The number of hydrogen-bond donors (Lipinski definition) is 0. The molecular weight excluding hydrogens is 182 g/mol. The molecule has 0 radical (unpaired) electrons. The molecule has 1 fully saturated rings. The summed E-state index contributed by atoms with van der Waals surface area (Å²) in [6, 6.07) is 0. The smallest absolute Gasteiger partial charge is 0.332 e. The van der Waals surface area contributed by atoms with Crippen LogP contribution in [0.5, 0.6) is 0 Å². The number of carbonyl (C=O) groups excluding carboxylic acids is 1. The van der Waals surface area contributed by atoms with E-state index in [4.69, 9.17) is 9.47 Å². The fraction of sp³-hybridized carbons (Fsp3) is 0.700. The van der Waals surface area contributed by atoms with E-state index < -0.39 is 5.72 Å². The summed E-state index contributed by atoms with van der Waals surface area (Å²) in [6.07, 6.45) is 3.06. The van der Waals surface area contributed by atoms with E-state index in [1.807, 2.05) is 25.9 Å². The van der Waals surface area contributed by atoms with Crippen LogP contribution in [0.2, 0.25) is 0 Å². The zero-order chi connectivity index (χ0) is 10.8. The Hall–Kier alpha value is -0.870. The maximum absolute atomic E-state index is 11.3. The van der Waals surface area contributed by atoms with Crippen molar-refractivity contribution in [1.29, 1.82) is 0 Å². The third-order valence-electron chi connectivity index (χ3n) is 2.43. The first-order valence-corrected chi connectivity index (χ1v) is 4.65. The Kier molecular flexibility index (Phi) is 3.29. The average molecular weight is 199 g/mol. The standard InChI is InChI=1S/C10H17NO3/c1-5-6-9(12)14-10(2,11(3)4)8-7-13-8/h5-6,8H,7H2,1-4H3/b6-5+. The maximum Gasteiger partial charge on any atom is 0.332 e. The first-order valence-electron chi connectivity index (χ1n) is 4.65. The highest BCUT2D eigenvalue weighted by atomic mass is 16.6. The molecule has 1 heterocycles. The van der Waals surface area contributed by atoms with Gasteiger partial charge in [0, 0.05) is 6.08 Å². The lowest BCUT2D eigenvalue weighted by atomic mass is 10.1. The average Bonchev–Trinajstić information content (AvgIpc) is 2.85. The molecule has 0 amide bonds. The number of ether oxygens (including phenoxy) is 2. The van der Waals surface area contributed by atoms with Gasteiger partial charge in [0.2, 0.25) is 0 Å². The number of allylic oxidation sites excluding steroid dienone is 1. The predicted molar refractivity (Wildman–Crippen MR) is 52.7 cm³/mol. The Morgan fingerprint density at radius 3 is 2.57 bits per heavy atom. The molecule has 14 heavy (non-hydrogen) atoms. The monoisotopic (exact) mass is 199 g/mol. The van der Waals surface area contributed by atoms with Crippen molar-refractivity contribution in [1.82, 2.24) is 4.90 Å². The quantitative estimate of drug-likeness (QED) is 0.290. The van der Waals surface area contributed by atoms with Gasteiger partial charge in [-0.1, -0.05) is 6.08 Å². The van der Waals surface area contributed by atoms with Gasteiger partial charge in [0.15, 0.2) is 5.72 Å². The van der Waals surface area contributed by atoms with Crippen molar-refractivity contribution < 1.29 is 14.3 Å². The lowest BCUT2D eigenvalue weighted by molar-refractivity contribution is -0.174. The molecule has 0 aromatic rings. The Bertz CT molecular complexity index is 242. The van der Waals surface area contributed by atoms with E-state index in [0.29, 0.717) is 6.61 Å². The van der Waals surface area contributed by atoms with E-state index in [-0.39, 0.29) is 12.1 Å². The maximum atomic E-state index is 11.3. The second-order valence-electron chi connectivity index (χ2n) is 3.69. The van der Waals surface area contributed by atoms with Crippen LogP contribution in [0.1, 0.15) is 13.8 Å². The van der Waals surface area contributed by atoms with Crippen molar-refractivity contribution in [3.05, 3.63) is 12.2 Å². The van der Waals surface area contributed by atoms with E-state index in [1.54, 1.807) is 13.0 Å². The van der Waals surface area contributed by atoms with Crippen molar-refractivity contribution >= 4 is 5.97 Å². The number of hydrogen-bond acceptors (Lipinski definition) is 4. The first kappa shape index (κ1) is 11.2. The summed E-state index contributed by atoms with van der Waals surface area (Å²) >= 11 is 0. The number of nitrogens with zero attached hydrogens (tertiary/aromatic N) is 1. The van der Waals surface area contributed by atoms with Crippen LogP contribution in [0.25, 0.3) is 0 Å². The van der Waals surface area contributed by atoms with Crippen LogP contribution < -0.4 is 0 Å². The van der Waals surface area contributed by atoms with Crippen LogP contribution in [0, 0.1) is 0 Å². The van der Waals surface area contributed by atoms with E-state index in [2.05, 4.69) is 0 Å². The van der Waals surface area contributed by atoms with Crippen LogP contribution >= 0.6 is 0 Å². The molecule has 2 atom stereocenters. The molecule has 2 unspecified atom stereocenters. The van der Waals surface area contributed by atoms with Crippen LogP contribution in [0.3, 0.4) is 0 Å². The summed E-state index contributed by atoms with van der Waals surface area (Å²) in [5.41, 5.74) is -0.656. The van der Waals surface area contributed by atoms with Gasteiger partial charge in [0.1, 0.15) is 6.10 Å². The molecule has 4 nitrogen and oxygen atoms in total. The summed E-state index contributed by atoms with van der Waals surface area (Å²) < 4.78 is 10.5. The van der Waals surface area contributed by atoms with Gasteiger partial charge in [-0.25, -0.2) is 4.79 Å². The van der Waals surface area contributed by atoms with Crippen LogP contribution in [0.4, 0.5) is 0 Å². The van der Waals surface area contributed by atoms with Crippen LogP contribution in [0.15, 0.2) is 12.2 Å². The molecule has 1 rings (SSSR count). The molecule has 1 aliphatic rings. The Morgan fingerprint density at radius 2 is 2.21 bits per heavy atom. The minimum absolute atomic E-state index is 0.00768. The van der Waals surface area contributed by atoms with E-state index in [1.165, 1.54) is 6.08 Å². The van der Waals surface area contributed by atoms with Gasteiger partial charge in [-0.2, -0.15) is 0 Å². The normalized spacial score (nSPS) is 25.1. The van der Waals surface area contributed by atoms with Gasteiger partial charge >= 0.3 is 5.97 Å². The van der Waals surface area contributed by atoms with Gasteiger partial charge in [-0.05, 0) is 27.9 Å². The van der Waals surface area contributed by atoms with Gasteiger partial charge in [-0.15, -0.1) is 0 Å². The van der Waals surface area contributed by atoms with Gasteiger partial charge in [-0.3, -0.25) is 4.90 Å². The highest BCUT2D eigenvalue weighted by Crippen LogP contribution is 2.29. The summed E-state index contributed by atoms with van der Waals surface area (Å²) in [7, 11) is 3.73. The van der Waals surface area contributed by atoms with Crippen LogP contribution in [-0.2, 0) is 14.3 Å². The number of rotatable bonds is 4. The molecule has 0 spiro atoms. The second kappa shape index (κ2) is 4.11. The van der Waals surface area contributed by atoms with Crippen molar-refractivity contribution in [2.75, 3.05) is 20.7 Å². The lowest BCUT2D eigenvalue weighted by Gasteiger charge is -2.33. The first-order chi connectivity index (χ1) is 6.50. The zero-order valence-corrected chi connectivity index (χ0v) is 9.11. The number of epoxide rings is 1. The van der Waals surface area contributed by atoms with Gasteiger partial charge in [0.25, 0.3) is 0 Å². The molecule has 0 saturated carbocycles. The SMILES string of the molecule is C/C=C/C(=O)OC(C)(C1CO1)N(C)C. The van der Waals surface area contributed by atoms with Crippen LogP contribution in [-0.4, -0.2) is 43.4 Å². The van der Waals surface area contributed by atoms with Gasteiger partial charge in [0.05, 0.1) is 6.61 Å². The largest absolute Gasteiger partial charge is 0.438 e. The van der Waals surface area contributed by atoms with Crippen molar-refractivity contribution in [2.45, 2.75) is 25.7 Å². The predicted octanol–water partition coefficient (Wildman–Crippen LogP) is 0.782. The fourth-order valence-electron chi connectivity index (χ4n) is 1.18. The van der Waals surface area contributed by atoms with Crippen molar-refractivity contribution in [3.8, 4) is 0 Å². The van der Waals surface area contributed by atoms with Crippen molar-refractivity contribution in [3.63, 3.8) is 0 Å². The van der Waals surface area contributed by atoms with Gasteiger partial charge < -0.3 is 9.47 Å². The Labute approximate surface area is 84.5 Å². The molecule has 0 N–H and O–H groups in total.